The van der Waals surface area contributed by atoms with Gasteiger partial charge in [0.25, 0.3) is 5.90 Å². The Bertz CT molecular complexity index is 1260. The average molecular weight is 693 g/mol. The van der Waals surface area contributed by atoms with E-state index in [2.05, 4.69) is 21.9 Å². The van der Waals surface area contributed by atoms with E-state index in [-0.39, 0.29) is 18.9 Å². The van der Waals surface area contributed by atoms with E-state index in [1.54, 1.807) is 18.2 Å². The van der Waals surface area contributed by atoms with E-state index in [9.17, 15) is 13.2 Å². The van der Waals surface area contributed by atoms with Crippen molar-refractivity contribution in [2.75, 3.05) is 39.6 Å². The Morgan fingerprint density at radius 3 is 1.92 bits per heavy atom. The molecule has 0 aromatic heterocycles. The molecule has 3 rings (SSSR count). The van der Waals surface area contributed by atoms with Gasteiger partial charge in [-0.2, -0.15) is 13.2 Å². The Balaban J connectivity index is 1.86. The lowest BCUT2D eigenvalue weighted by atomic mass is 9.98. The summed E-state index contributed by atoms with van der Waals surface area (Å²) in [6, 6.07) is 15.8. The first kappa shape index (κ1) is 40.2. The van der Waals surface area contributed by atoms with Crippen LogP contribution in [0.15, 0.2) is 64.7 Å². The molecule has 2 aromatic rings. The molecule has 0 bridgehead atoms. The monoisotopic (exact) mass is 692 g/mol. The van der Waals surface area contributed by atoms with Crippen molar-refractivity contribution in [2.24, 2.45) is 10.1 Å². The number of ether oxygens (including phenoxy) is 6. The number of hydrogen-bond donors (Lipinski definition) is 0. The minimum atomic E-state index is -4.90. The van der Waals surface area contributed by atoms with E-state index >= 15 is 0 Å². The molecule has 1 aliphatic rings. The standard InChI is InChI=1S/C36H51F3N4O6/c1-4-7-22-45-31-30(26-44-25-20-28-17-15-27(16-18-28)19-21-41-43-40)48-34(33(47-24-9-6-3)32(31)46-23-8-5-2)49-35(36(37,38)39)42-29-13-11-10-12-14-29/h10-18,30-34H,4-9,19-26H2,1-3H3/b42-35+/t30?,31-,32?,33-,34-/m0/s1. The summed E-state index contributed by atoms with van der Waals surface area (Å²) in [7, 11) is 0. The van der Waals surface area contributed by atoms with Crippen LogP contribution in [0.25, 0.3) is 10.4 Å². The zero-order valence-electron chi connectivity index (χ0n) is 28.9. The van der Waals surface area contributed by atoms with Crippen molar-refractivity contribution in [2.45, 2.75) is 109 Å². The molecule has 1 aliphatic heterocycles. The molecule has 272 valence electrons. The summed E-state index contributed by atoms with van der Waals surface area (Å²) in [4.78, 5) is 6.59. The van der Waals surface area contributed by atoms with Crippen LogP contribution < -0.4 is 0 Å². The van der Waals surface area contributed by atoms with Crippen LogP contribution >= 0.6 is 0 Å². The summed E-state index contributed by atoms with van der Waals surface area (Å²) in [5, 5.41) is 3.58. The van der Waals surface area contributed by atoms with Crippen molar-refractivity contribution in [1.29, 1.82) is 0 Å². The fourth-order valence-electron chi connectivity index (χ4n) is 5.14. The van der Waals surface area contributed by atoms with Gasteiger partial charge in [-0.1, -0.05) is 87.6 Å². The number of nitrogens with zero attached hydrogens (tertiary/aromatic N) is 4. The van der Waals surface area contributed by atoms with Gasteiger partial charge in [0.15, 0.2) is 0 Å². The summed E-state index contributed by atoms with van der Waals surface area (Å²) < 4.78 is 80.1. The topological polar surface area (TPSA) is 117 Å². The van der Waals surface area contributed by atoms with Crippen LogP contribution in [0.4, 0.5) is 18.9 Å². The van der Waals surface area contributed by atoms with E-state index < -0.39 is 42.8 Å². The van der Waals surface area contributed by atoms with Crippen LogP contribution in [0.3, 0.4) is 0 Å². The number of unbranched alkanes of at least 4 members (excludes halogenated alkanes) is 3. The number of hydrogen-bond acceptors (Lipinski definition) is 8. The van der Waals surface area contributed by atoms with Crippen molar-refractivity contribution in [3.63, 3.8) is 0 Å². The van der Waals surface area contributed by atoms with Gasteiger partial charge < -0.3 is 28.4 Å². The molecule has 1 fully saturated rings. The predicted molar refractivity (Wildman–Crippen MR) is 182 cm³/mol. The Labute approximate surface area is 287 Å². The summed E-state index contributed by atoms with van der Waals surface area (Å²) in [6.45, 7) is 7.91. The number of para-hydroxylation sites is 1. The molecule has 2 unspecified atom stereocenters. The van der Waals surface area contributed by atoms with Crippen LogP contribution in [0.2, 0.25) is 0 Å². The summed E-state index contributed by atoms with van der Waals surface area (Å²) >= 11 is 0. The van der Waals surface area contributed by atoms with Gasteiger partial charge in [-0.3, -0.25) is 0 Å². The molecule has 0 aliphatic carbocycles. The molecule has 0 spiro atoms. The molecule has 10 nitrogen and oxygen atoms in total. The van der Waals surface area contributed by atoms with E-state index in [0.29, 0.717) is 45.6 Å². The summed E-state index contributed by atoms with van der Waals surface area (Å²) in [5.74, 6) is -1.44. The lowest BCUT2D eigenvalue weighted by Gasteiger charge is -2.45. The molecule has 1 saturated heterocycles. The summed E-state index contributed by atoms with van der Waals surface area (Å²) in [5.41, 5.74) is 10.7. The lowest BCUT2D eigenvalue weighted by Crippen LogP contribution is -2.62. The molecular formula is C36H51F3N4O6. The maximum Gasteiger partial charge on any atom is 0.468 e. The SMILES string of the molecule is CCCCOC1[C@@H](OCCCC)C(COCCc2ccc(CCN=[N+]=[N-])cc2)O[C@@H](O/C(=N/c2ccccc2)C(F)(F)F)[C@H]1OCCCC. The van der Waals surface area contributed by atoms with Crippen molar-refractivity contribution in [3.05, 3.63) is 76.2 Å². The number of alkyl halides is 3. The molecule has 1 heterocycles. The lowest BCUT2D eigenvalue weighted by molar-refractivity contribution is -0.311. The van der Waals surface area contributed by atoms with Gasteiger partial charge >= 0.3 is 6.18 Å². The highest BCUT2D eigenvalue weighted by Crippen LogP contribution is 2.33. The largest absolute Gasteiger partial charge is 0.468 e. The normalized spacial score (nSPS) is 21.3. The Morgan fingerprint density at radius 2 is 1.35 bits per heavy atom. The number of benzene rings is 2. The Hall–Kier alpha value is -3.19. The molecule has 0 N–H and O–H groups in total. The van der Waals surface area contributed by atoms with Crippen molar-refractivity contribution in [1.82, 2.24) is 0 Å². The van der Waals surface area contributed by atoms with Crippen LogP contribution in [0.5, 0.6) is 0 Å². The smallest absolute Gasteiger partial charge is 0.441 e. The third kappa shape index (κ3) is 14.3. The van der Waals surface area contributed by atoms with E-state index in [0.717, 1.165) is 43.2 Å². The number of rotatable bonds is 22. The molecule has 0 saturated carbocycles. The second-order valence-electron chi connectivity index (χ2n) is 11.8. The van der Waals surface area contributed by atoms with Gasteiger partial charge in [0.1, 0.15) is 24.4 Å². The number of aliphatic imine (C=N–C) groups is 1. The van der Waals surface area contributed by atoms with Gasteiger partial charge in [-0.15, -0.1) is 0 Å². The first-order valence-electron chi connectivity index (χ1n) is 17.3. The first-order chi connectivity index (χ1) is 23.8. The quantitative estimate of drug-likeness (QED) is 0.0304. The van der Waals surface area contributed by atoms with Crippen molar-refractivity contribution < 1.29 is 41.6 Å². The van der Waals surface area contributed by atoms with Crippen LogP contribution in [-0.4, -0.2) is 82.4 Å². The number of halogens is 3. The minimum Gasteiger partial charge on any atom is -0.441 e. The molecule has 0 amide bonds. The fourth-order valence-corrected chi connectivity index (χ4v) is 5.14. The van der Waals surface area contributed by atoms with Gasteiger partial charge in [0.05, 0.1) is 18.9 Å². The van der Waals surface area contributed by atoms with Gasteiger partial charge in [-0.05, 0) is 60.9 Å². The van der Waals surface area contributed by atoms with E-state index in [4.69, 9.17) is 34.0 Å². The summed E-state index contributed by atoms with van der Waals surface area (Å²) in [6.07, 6.45) is -3.60. The zero-order chi connectivity index (χ0) is 35.3. The van der Waals surface area contributed by atoms with Crippen LogP contribution in [0, 0.1) is 0 Å². The predicted octanol–water partition coefficient (Wildman–Crippen LogP) is 8.69. The maximum atomic E-state index is 14.4. The minimum absolute atomic E-state index is 0.0351. The van der Waals surface area contributed by atoms with Gasteiger partial charge in [0, 0.05) is 31.3 Å². The van der Waals surface area contributed by atoms with Crippen LogP contribution in [-0.2, 0) is 41.3 Å². The second kappa shape index (κ2) is 22.5. The van der Waals surface area contributed by atoms with Gasteiger partial charge in [-0.25, -0.2) is 4.99 Å². The van der Waals surface area contributed by atoms with Crippen molar-refractivity contribution in [3.8, 4) is 0 Å². The average Bonchev–Trinajstić information content (AvgIpc) is 3.09. The molecule has 49 heavy (non-hydrogen) atoms. The molecule has 5 atom stereocenters. The number of azide groups is 1. The molecule has 2 aromatic carbocycles. The Morgan fingerprint density at radius 1 is 0.776 bits per heavy atom. The maximum absolute atomic E-state index is 14.4. The molecular weight excluding hydrogens is 641 g/mol. The van der Waals surface area contributed by atoms with E-state index in [1.165, 1.54) is 12.1 Å². The highest BCUT2D eigenvalue weighted by atomic mass is 19.4. The van der Waals surface area contributed by atoms with Gasteiger partial charge in [0.2, 0.25) is 6.29 Å². The third-order valence-electron chi connectivity index (χ3n) is 7.88. The molecule has 13 heteroatoms. The second-order valence-corrected chi connectivity index (χ2v) is 11.8. The first-order valence-corrected chi connectivity index (χ1v) is 17.3. The Kier molecular flexibility index (Phi) is 18.5. The highest BCUT2D eigenvalue weighted by Gasteiger charge is 2.52. The third-order valence-corrected chi connectivity index (χ3v) is 7.88. The zero-order valence-corrected chi connectivity index (χ0v) is 28.9. The van der Waals surface area contributed by atoms with Crippen LogP contribution in [0.1, 0.15) is 70.4 Å². The van der Waals surface area contributed by atoms with Crippen molar-refractivity contribution >= 4 is 11.6 Å². The fraction of sp³-hybridized carbons (Fsp3) is 0.639. The highest BCUT2D eigenvalue weighted by molar-refractivity contribution is 5.84. The van der Waals surface area contributed by atoms with E-state index in [1.807, 2.05) is 38.1 Å². The molecule has 0 radical (unpaired) electrons.